The van der Waals surface area contributed by atoms with Crippen molar-refractivity contribution >= 4 is 36.6 Å². The van der Waals surface area contributed by atoms with Gasteiger partial charge in [0, 0.05) is 45.8 Å². The lowest BCUT2D eigenvalue weighted by atomic mass is 10.1. The number of carbonyl (C=O) groups is 2. The number of morpholine rings is 1. The third-order valence-corrected chi connectivity index (χ3v) is 5.50. The molecule has 0 spiro atoms. The molecule has 0 saturated carbocycles. The second-order valence-electron chi connectivity index (χ2n) is 7.03. The molecule has 3 saturated heterocycles. The monoisotopic (exact) mass is 426 g/mol. The van der Waals surface area contributed by atoms with Crippen LogP contribution in [0.25, 0.3) is 0 Å². The van der Waals surface area contributed by atoms with Crippen molar-refractivity contribution in [2.45, 2.75) is 38.0 Å². The maximum absolute atomic E-state index is 12.6. The molecule has 10 heteroatoms. The van der Waals surface area contributed by atoms with Gasteiger partial charge in [0.2, 0.25) is 5.91 Å². The molecule has 158 valence electrons. The normalized spacial score (nSPS) is 27.5. The first-order chi connectivity index (χ1) is 12.1. The summed E-state index contributed by atoms with van der Waals surface area (Å²) in [6.07, 6.45) is 1.29. The fraction of sp³-hybridized carbons (Fsp3) is 0.882. The predicted molar refractivity (Wildman–Crippen MR) is 106 cm³/mol. The Bertz CT molecular complexity index is 486. The van der Waals surface area contributed by atoms with Gasteiger partial charge in [0.15, 0.2) is 0 Å². The molecule has 0 aromatic rings. The van der Waals surface area contributed by atoms with Crippen molar-refractivity contribution < 1.29 is 19.1 Å². The minimum Gasteiger partial charge on any atom is -0.378 e. The van der Waals surface area contributed by atoms with Gasteiger partial charge in [-0.1, -0.05) is 0 Å². The van der Waals surface area contributed by atoms with Crippen LogP contribution in [0, 0.1) is 0 Å². The van der Waals surface area contributed by atoms with Gasteiger partial charge in [0.25, 0.3) is 5.91 Å². The Kier molecular flexibility index (Phi) is 10.3. The number of hydrogen-bond acceptors (Lipinski definition) is 6. The Labute approximate surface area is 173 Å². The van der Waals surface area contributed by atoms with E-state index in [0.717, 1.165) is 25.9 Å². The number of hydrogen-bond donors (Lipinski definition) is 1. The van der Waals surface area contributed by atoms with E-state index >= 15 is 0 Å². The van der Waals surface area contributed by atoms with Gasteiger partial charge in [-0.2, -0.15) is 0 Å². The second kappa shape index (κ2) is 11.4. The highest BCUT2D eigenvalue weighted by Gasteiger charge is 2.35. The smallest absolute Gasteiger partial charge is 0.251 e. The molecule has 3 rings (SSSR count). The third-order valence-electron chi connectivity index (χ3n) is 5.50. The van der Waals surface area contributed by atoms with Crippen LogP contribution in [0.15, 0.2) is 0 Å². The summed E-state index contributed by atoms with van der Waals surface area (Å²) in [7, 11) is 0. The maximum Gasteiger partial charge on any atom is 0.251 e. The molecule has 0 aliphatic carbocycles. The SMILES string of the molecule is CC(C(=O)N1CCOCC1)N1CCN(C(=O)[C@@H]2CC[C@H](CN)O2)CC1.Cl.Cl. The average Bonchev–Trinajstić information content (AvgIpc) is 3.16. The van der Waals surface area contributed by atoms with Gasteiger partial charge < -0.3 is 25.0 Å². The molecule has 2 N–H and O–H groups in total. The third kappa shape index (κ3) is 5.92. The van der Waals surface area contributed by atoms with Gasteiger partial charge in [0.1, 0.15) is 6.10 Å². The highest BCUT2D eigenvalue weighted by Crippen LogP contribution is 2.21. The van der Waals surface area contributed by atoms with Crippen molar-refractivity contribution in [3.63, 3.8) is 0 Å². The molecule has 0 aromatic carbocycles. The van der Waals surface area contributed by atoms with E-state index < -0.39 is 0 Å². The molecular formula is C17H32Cl2N4O4. The van der Waals surface area contributed by atoms with Crippen LogP contribution in [0.4, 0.5) is 0 Å². The lowest BCUT2D eigenvalue weighted by molar-refractivity contribution is -0.146. The Morgan fingerprint density at radius 3 is 2.19 bits per heavy atom. The lowest BCUT2D eigenvalue weighted by Gasteiger charge is -2.40. The van der Waals surface area contributed by atoms with Gasteiger partial charge in [-0.25, -0.2) is 0 Å². The van der Waals surface area contributed by atoms with E-state index in [0.29, 0.717) is 45.9 Å². The Hall–Kier alpha value is -0.640. The molecule has 1 unspecified atom stereocenters. The molecule has 8 nitrogen and oxygen atoms in total. The summed E-state index contributed by atoms with van der Waals surface area (Å²) in [5, 5.41) is 0. The molecule has 2 amide bonds. The summed E-state index contributed by atoms with van der Waals surface area (Å²) in [5.74, 6) is 0.232. The van der Waals surface area contributed by atoms with Crippen LogP contribution in [0.1, 0.15) is 19.8 Å². The number of piperazine rings is 1. The average molecular weight is 427 g/mol. The fourth-order valence-corrected chi connectivity index (χ4v) is 3.80. The van der Waals surface area contributed by atoms with Crippen molar-refractivity contribution in [3.05, 3.63) is 0 Å². The zero-order chi connectivity index (χ0) is 17.8. The zero-order valence-corrected chi connectivity index (χ0v) is 17.5. The van der Waals surface area contributed by atoms with Crippen molar-refractivity contribution in [2.75, 3.05) is 59.0 Å². The topological polar surface area (TPSA) is 88.3 Å². The first-order valence-corrected chi connectivity index (χ1v) is 9.35. The van der Waals surface area contributed by atoms with Gasteiger partial charge in [-0.05, 0) is 19.8 Å². The van der Waals surface area contributed by atoms with Crippen LogP contribution < -0.4 is 5.73 Å². The molecule has 27 heavy (non-hydrogen) atoms. The Morgan fingerprint density at radius 1 is 1.00 bits per heavy atom. The zero-order valence-electron chi connectivity index (χ0n) is 15.9. The van der Waals surface area contributed by atoms with E-state index in [9.17, 15) is 9.59 Å². The van der Waals surface area contributed by atoms with Gasteiger partial charge >= 0.3 is 0 Å². The van der Waals surface area contributed by atoms with Gasteiger partial charge in [0.05, 0.1) is 25.4 Å². The van der Waals surface area contributed by atoms with E-state index in [-0.39, 0.29) is 54.9 Å². The summed E-state index contributed by atoms with van der Waals surface area (Å²) in [6, 6.07) is -0.153. The highest BCUT2D eigenvalue weighted by molar-refractivity contribution is 5.85. The van der Waals surface area contributed by atoms with Crippen molar-refractivity contribution in [1.29, 1.82) is 0 Å². The minimum absolute atomic E-state index is 0. The van der Waals surface area contributed by atoms with Gasteiger partial charge in [-0.3, -0.25) is 14.5 Å². The van der Waals surface area contributed by atoms with Gasteiger partial charge in [-0.15, -0.1) is 24.8 Å². The maximum atomic E-state index is 12.6. The summed E-state index contributed by atoms with van der Waals surface area (Å²) in [4.78, 5) is 31.1. The molecule has 0 aromatic heterocycles. The summed E-state index contributed by atoms with van der Waals surface area (Å²) >= 11 is 0. The molecule has 3 aliphatic heterocycles. The lowest BCUT2D eigenvalue weighted by Crippen LogP contribution is -2.57. The van der Waals surface area contributed by atoms with Crippen molar-refractivity contribution in [2.24, 2.45) is 5.73 Å². The van der Waals surface area contributed by atoms with E-state index in [4.69, 9.17) is 15.2 Å². The summed E-state index contributed by atoms with van der Waals surface area (Å²) in [6.45, 7) is 7.73. The molecule has 3 fully saturated rings. The van der Waals surface area contributed by atoms with E-state index in [1.807, 2.05) is 16.7 Å². The number of nitrogens with zero attached hydrogens (tertiary/aromatic N) is 3. The van der Waals surface area contributed by atoms with E-state index in [1.165, 1.54) is 0 Å². The van der Waals surface area contributed by atoms with Crippen LogP contribution in [0.2, 0.25) is 0 Å². The quantitative estimate of drug-likeness (QED) is 0.665. The summed E-state index contributed by atoms with van der Waals surface area (Å²) in [5.41, 5.74) is 5.62. The predicted octanol–water partition coefficient (Wildman–Crippen LogP) is -0.272. The number of ether oxygens (including phenoxy) is 2. The first kappa shape index (κ1) is 24.4. The van der Waals surface area contributed by atoms with Crippen molar-refractivity contribution in [1.82, 2.24) is 14.7 Å². The molecule has 3 atom stereocenters. The number of carbonyl (C=O) groups excluding carboxylic acids is 2. The molecule has 0 radical (unpaired) electrons. The Morgan fingerprint density at radius 2 is 1.63 bits per heavy atom. The molecular weight excluding hydrogens is 395 g/mol. The summed E-state index contributed by atoms with van der Waals surface area (Å²) < 4.78 is 11.0. The molecule has 0 bridgehead atoms. The number of amides is 2. The molecule has 3 aliphatic rings. The minimum atomic E-state index is -0.340. The first-order valence-electron chi connectivity index (χ1n) is 9.35. The van der Waals surface area contributed by atoms with Crippen LogP contribution in [0.5, 0.6) is 0 Å². The van der Waals surface area contributed by atoms with Crippen LogP contribution >= 0.6 is 24.8 Å². The number of nitrogens with two attached hydrogens (primary N) is 1. The Balaban J connectivity index is 0.00000182. The van der Waals surface area contributed by atoms with Crippen LogP contribution in [-0.2, 0) is 19.1 Å². The van der Waals surface area contributed by atoms with Crippen LogP contribution in [-0.4, -0.2) is 104 Å². The second-order valence-corrected chi connectivity index (χ2v) is 7.03. The fourth-order valence-electron chi connectivity index (χ4n) is 3.80. The standard InChI is InChI=1S/C17H30N4O4.2ClH/c1-13(16(22)21-8-10-24-11-9-21)19-4-6-20(7-5-19)17(23)15-3-2-14(12-18)25-15;;/h13-15H,2-12,18H2,1H3;2*1H/t13?,14-,15+;;/m1../s1. The van der Waals surface area contributed by atoms with Crippen molar-refractivity contribution in [3.8, 4) is 0 Å². The molecule has 3 heterocycles. The number of rotatable bonds is 4. The van der Waals surface area contributed by atoms with E-state index in [1.54, 1.807) is 0 Å². The number of halogens is 2. The van der Waals surface area contributed by atoms with Crippen LogP contribution in [0.3, 0.4) is 0 Å². The highest BCUT2D eigenvalue weighted by atomic mass is 35.5. The largest absolute Gasteiger partial charge is 0.378 e. The van der Waals surface area contributed by atoms with E-state index in [2.05, 4.69) is 4.90 Å².